The minimum atomic E-state index is -4.94. The van der Waals surface area contributed by atoms with Crippen LogP contribution in [0, 0.1) is 5.82 Å². The van der Waals surface area contributed by atoms with Gasteiger partial charge in [-0.25, -0.2) is 9.18 Å². The van der Waals surface area contributed by atoms with Gasteiger partial charge in [0, 0.05) is 30.7 Å². The number of carbonyl (C=O) groups is 2. The van der Waals surface area contributed by atoms with Crippen molar-refractivity contribution in [2.75, 3.05) is 13.7 Å². The summed E-state index contributed by atoms with van der Waals surface area (Å²) in [5, 5.41) is 0. The first-order valence-electron chi connectivity index (χ1n) is 11.0. The molecule has 1 fully saturated rings. The highest BCUT2D eigenvalue weighted by Crippen LogP contribution is 2.37. The summed E-state index contributed by atoms with van der Waals surface area (Å²) < 4.78 is 99.8. The Hall–Kier alpha value is -3.41. The van der Waals surface area contributed by atoms with Gasteiger partial charge in [-0.15, -0.1) is 0 Å². The van der Waals surface area contributed by atoms with Crippen molar-refractivity contribution < 1.29 is 49.8 Å². The summed E-state index contributed by atoms with van der Waals surface area (Å²) >= 11 is 0. The molecule has 0 saturated carbocycles. The van der Waals surface area contributed by atoms with E-state index in [0.717, 1.165) is 6.08 Å². The summed E-state index contributed by atoms with van der Waals surface area (Å²) in [5.41, 5.74) is -2.90. The normalized spacial score (nSPS) is 19.5. The highest BCUT2D eigenvalue weighted by molar-refractivity contribution is 6.00. The van der Waals surface area contributed by atoms with E-state index in [2.05, 4.69) is 4.74 Å². The predicted molar refractivity (Wildman–Crippen MR) is 116 cm³/mol. The van der Waals surface area contributed by atoms with E-state index < -0.39 is 48.1 Å². The molecule has 200 valence electrons. The van der Waals surface area contributed by atoms with Crippen LogP contribution in [-0.2, 0) is 38.0 Å². The van der Waals surface area contributed by atoms with Gasteiger partial charge in [-0.05, 0) is 42.3 Å². The summed E-state index contributed by atoms with van der Waals surface area (Å²) in [6, 6.07) is 8.86. The fraction of sp³-hybridized carbons (Fsp3) is 0.360. The van der Waals surface area contributed by atoms with Crippen LogP contribution in [0.25, 0.3) is 0 Å². The molecule has 2 aliphatic heterocycles. The molecule has 5 nitrogen and oxygen atoms in total. The standard InChI is InChI=1S/C19H17F6NO4.C6H5F/c1-29-17(28)11-4-14-7-15(8-26(14)16(27)5-11)30-9-10-2-12(18(20,21)22)6-13(3-10)19(23,24)25;7-6-4-2-1-3-5-6/h2-3,5-6,14-15H,4,7-9H2,1H3;1-5H. The van der Waals surface area contributed by atoms with Crippen LogP contribution >= 0.6 is 0 Å². The topological polar surface area (TPSA) is 55.8 Å². The molecule has 12 heteroatoms. The Morgan fingerprint density at radius 2 is 1.59 bits per heavy atom. The van der Waals surface area contributed by atoms with E-state index in [4.69, 9.17) is 4.74 Å². The number of methoxy groups -OCH3 is 1. The van der Waals surface area contributed by atoms with Gasteiger partial charge in [0.25, 0.3) is 0 Å². The fourth-order valence-corrected chi connectivity index (χ4v) is 4.01. The first kappa shape index (κ1) is 28.2. The van der Waals surface area contributed by atoms with Crippen molar-refractivity contribution >= 4 is 11.9 Å². The molecule has 0 spiro atoms. The Morgan fingerprint density at radius 1 is 1.00 bits per heavy atom. The maximum atomic E-state index is 13.0. The molecule has 2 aromatic carbocycles. The van der Waals surface area contributed by atoms with Crippen LogP contribution in [0.1, 0.15) is 29.5 Å². The molecule has 0 bridgehead atoms. The molecule has 0 N–H and O–H groups in total. The molecule has 0 aromatic heterocycles. The lowest BCUT2D eigenvalue weighted by atomic mass is 9.99. The molecule has 2 unspecified atom stereocenters. The zero-order valence-corrected chi connectivity index (χ0v) is 19.4. The van der Waals surface area contributed by atoms with Gasteiger partial charge in [-0.1, -0.05) is 18.2 Å². The number of hydrogen-bond donors (Lipinski definition) is 0. The van der Waals surface area contributed by atoms with Gasteiger partial charge in [-0.2, -0.15) is 26.3 Å². The molecule has 1 amide bonds. The minimum absolute atomic E-state index is 0.0536. The first-order valence-corrected chi connectivity index (χ1v) is 11.0. The summed E-state index contributed by atoms with van der Waals surface area (Å²) in [6.45, 7) is -0.358. The molecule has 2 aromatic rings. The smallest absolute Gasteiger partial charge is 0.416 e. The third kappa shape index (κ3) is 7.54. The van der Waals surface area contributed by atoms with E-state index in [1.807, 2.05) is 0 Å². The lowest BCUT2D eigenvalue weighted by molar-refractivity contribution is -0.143. The number of rotatable bonds is 4. The van der Waals surface area contributed by atoms with Crippen molar-refractivity contribution in [3.05, 3.63) is 82.7 Å². The average Bonchev–Trinajstić information content (AvgIpc) is 3.25. The Kier molecular flexibility index (Phi) is 8.62. The van der Waals surface area contributed by atoms with E-state index in [1.54, 1.807) is 18.2 Å². The minimum Gasteiger partial charge on any atom is -0.466 e. The number of fused-ring (bicyclic) bond motifs is 1. The van der Waals surface area contributed by atoms with Crippen LogP contribution < -0.4 is 0 Å². The molecule has 2 aliphatic rings. The van der Waals surface area contributed by atoms with E-state index in [-0.39, 0.29) is 42.0 Å². The van der Waals surface area contributed by atoms with Crippen molar-refractivity contribution in [3.63, 3.8) is 0 Å². The average molecular weight is 533 g/mol. The van der Waals surface area contributed by atoms with Crippen LogP contribution in [-0.4, -0.2) is 42.6 Å². The third-order valence-corrected chi connectivity index (χ3v) is 5.73. The van der Waals surface area contributed by atoms with Gasteiger partial charge in [0.2, 0.25) is 5.91 Å². The quantitative estimate of drug-likeness (QED) is 0.383. The summed E-state index contributed by atoms with van der Waals surface area (Å²) in [6.07, 6.45) is -8.77. The maximum Gasteiger partial charge on any atom is 0.416 e. The van der Waals surface area contributed by atoms with Crippen LogP contribution in [0.15, 0.2) is 60.2 Å². The molecule has 2 heterocycles. The third-order valence-electron chi connectivity index (χ3n) is 5.73. The number of amides is 1. The van der Waals surface area contributed by atoms with Crippen LogP contribution in [0.2, 0.25) is 0 Å². The summed E-state index contributed by atoms with van der Waals surface area (Å²) in [5.74, 6) is -1.23. The number of alkyl halides is 6. The SMILES string of the molecule is COC(=O)C1=CC(=O)N2CC(OCc3cc(C(F)(F)F)cc(C(F)(F)F)c3)CC2C1.Fc1ccccc1. The van der Waals surface area contributed by atoms with Gasteiger partial charge in [0.1, 0.15) is 5.82 Å². The number of halogens is 7. The first-order chi connectivity index (χ1) is 17.3. The molecular weight excluding hydrogens is 511 g/mol. The number of ether oxygens (including phenoxy) is 2. The lowest BCUT2D eigenvalue weighted by Crippen LogP contribution is -2.39. The van der Waals surface area contributed by atoms with Gasteiger partial charge >= 0.3 is 18.3 Å². The zero-order valence-electron chi connectivity index (χ0n) is 19.4. The number of benzene rings is 2. The Labute approximate surface area is 207 Å². The molecule has 0 aliphatic carbocycles. The van der Waals surface area contributed by atoms with Gasteiger partial charge in [0.15, 0.2) is 0 Å². The zero-order chi connectivity index (χ0) is 27.4. The second-order valence-corrected chi connectivity index (χ2v) is 8.39. The highest BCUT2D eigenvalue weighted by atomic mass is 19.4. The van der Waals surface area contributed by atoms with Crippen molar-refractivity contribution in [3.8, 4) is 0 Å². The van der Waals surface area contributed by atoms with Crippen molar-refractivity contribution in [1.29, 1.82) is 0 Å². The molecule has 2 atom stereocenters. The highest BCUT2D eigenvalue weighted by Gasteiger charge is 2.40. The molecule has 1 saturated heterocycles. The summed E-state index contributed by atoms with van der Waals surface area (Å²) in [4.78, 5) is 25.3. The monoisotopic (exact) mass is 533 g/mol. The number of nitrogens with zero attached hydrogens (tertiary/aromatic N) is 1. The second kappa shape index (κ2) is 11.3. The van der Waals surface area contributed by atoms with Crippen molar-refractivity contribution in [2.24, 2.45) is 0 Å². The second-order valence-electron chi connectivity index (χ2n) is 8.39. The Morgan fingerprint density at radius 3 is 2.08 bits per heavy atom. The van der Waals surface area contributed by atoms with E-state index in [9.17, 15) is 40.3 Å². The van der Waals surface area contributed by atoms with E-state index >= 15 is 0 Å². The van der Waals surface area contributed by atoms with E-state index in [1.165, 1.54) is 24.1 Å². The Bertz CT molecular complexity index is 1110. The van der Waals surface area contributed by atoms with Crippen LogP contribution in [0.3, 0.4) is 0 Å². The molecule has 0 radical (unpaired) electrons. The van der Waals surface area contributed by atoms with Gasteiger partial charge in [-0.3, -0.25) is 4.79 Å². The molecule has 37 heavy (non-hydrogen) atoms. The van der Waals surface area contributed by atoms with E-state index in [0.29, 0.717) is 18.6 Å². The fourth-order valence-electron chi connectivity index (χ4n) is 4.01. The van der Waals surface area contributed by atoms with Gasteiger partial charge in [0.05, 0.1) is 30.9 Å². The number of esters is 1. The van der Waals surface area contributed by atoms with Crippen molar-refractivity contribution in [2.45, 2.75) is 43.9 Å². The predicted octanol–water partition coefficient (Wildman–Crippen LogP) is 5.54. The summed E-state index contributed by atoms with van der Waals surface area (Å²) in [7, 11) is 1.19. The van der Waals surface area contributed by atoms with Gasteiger partial charge < -0.3 is 14.4 Å². The molecule has 4 rings (SSSR count). The van der Waals surface area contributed by atoms with Crippen molar-refractivity contribution in [1.82, 2.24) is 4.90 Å². The van der Waals surface area contributed by atoms with Crippen LogP contribution in [0.5, 0.6) is 0 Å². The number of hydrogen-bond acceptors (Lipinski definition) is 4. The number of carbonyl (C=O) groups excluding carboxylic acids is 2. The lowest BCUT2D eigenvalue weighted by Gasteiger charge is -2.27. The largest absolute Gasteiger partial charge is 0.466 e. The molecular formula is C25H22F7NO4. The van der Waals surface area contributed by atoms with Crippen LogP contribution in [0.4, 0.5) is 30.7 Å². The maximum absolute atomic E-state index is 13.0. The Balaban J connectivity index is 0.000000468.